The van der Waals surface area contributed by atoms with Crippen molar-refractivity contribution in [3.63, 3.8) is 0 Å². The van der Waals surface area contributed by atoms with Gasteiger partial charge in [-0.1, -0.05) is 30.4 Å². The third kappa shape index (κ3) is 5.08. The van der Waals surface area contributed by atoms with Crippen LogP contribution in [0.3, 0.4) is 0 Å². The molecule has 1 amide bonds. The van der Waals surface area contributed by atoms with Crippen molar-refractivity contribution in [2.45, 2.75) is 12.8 Å². The summed E-state index contributed by atoms with van der Waals surface area (Å²) in [7, 11) is 0. The van der Waals surface area contributed by atoms with E-state index in [1.165, 1.54) is 12.1 Å². The van der Waals surface area contributed by atoms with E-state index in [2.05, 4.69) is 5.32 Å². The summed E-state index contributed by atoms with van der Waals surface area (Å²) < 4.78 is 23.9. The Morgan fingerprint density at radius 1 is 1.08 bits per heavy atom. The molecule has 0 atom stereocenters. The van der Waals surface area contributed by atoms with Gasteiger partial charge in [-0.05, 0) is 41.8 Å². The average molecular weight is 341 g/mol. The van der Waals surface area contributed by atoms with Crippen LogP contribution in [0.5, 0.6) is 11.5 Å². The van der Waals surface area contributed by atoms with Gasteiger partial charge in [0, 0.05) is 6.54 Å². The van der Waals surface area contributed by atoms with Crippen LogP contribution in [0.25, 0.3) is 6.08 Å². The Morgan fingerprint density at radius 3 is 2.64 bits per heavy atom. The number of benzene rings is 2. The molecule has 0 spiro atoms. The molecule has 2 aromatic carbocycles. The molecule has 1 aliphatic rings. The molecule has 4 nitrogen and oxygen atoms in total. The Morgan fingerprint density at radius 2 is 1.84 bits per heavy atom. The molecule has 25 heavy (non-hydrogen) atoms. The van der Waals surface area contributed by atoms with Gasteiger partial charge in [0.25, 0.3) is 0 Å². The lowest BCUT2D eigenvalue weighted by molar-refractivity contribution is -0.120. The molecule has 0 bridgehead atoms. The third-order valence-corrected chi connectivity index (χ3v) is 3.79. The van der Waals surface area contributed by atoms with Crippen molar-refractivity contribution in [1.29, 1.82) is 0 Å². The van der Waals surface area contributed by atoms with Gasteiger partial charge < -0.3 is 14.8 Å². The number of rotatable bonds is 6. The third-order valence-electron chi connectivity index (χ3n) is 3.79. The first kappa shape index (κ1) is 17.0. The van der Waals surface area contributed by atoms with Crippen molar-refractivity contribution >= 4 is 12.0 Å². The molecule has 0 aliphatic carbocycles. The Balaban J connectivity index is 1.41. The van der Waals surface area contributed by atoms with Gasteiger partial charge in [-0.3, -0.25) is 4.79 Å². The second kappa shape index (κ2) is 8.33. The number of hydrogen-bond donors (Lipinski definition) is 1. The van der Waals surface area contributed by atoms with Crippen molar-refractivity contribution in [2.75, 3.05) is 19.8 Å². The maximum atomic E-state index is 12.8. The standard InChI is InChI=1S/C20H20FNO3/c21-17-7-4-16(5-8-17)14-20(23)22-10-2-1-3-15-6-9-18-19(13-15)25-12-11-24-18/h1,3-9,13H,2,10-12,14H2,(H,22,23)/b3-1+. The van der Waals surface area contributed by atoms with Gasteiger partial charge >= 0.3 is 0 Å². The lowest BCUT2D eigenvalue weighted by atomic mass is 10.1. The van der Waals surface area contributed by atoms with Crippen LogP contribution >= 0.6 is 0 Å². The molecule has 0 saturated heterocycles. The molecule has 0 unspecified atom stereocenters. The number of fused-ring (bicyclic) bond motifs is 1. The van der Waals surface area contributed by atoms with Gasteiger partial charge in [-0.15, -0.1) is 0 Å². The SMILES string of the molecule is O=C(Cc1ccc(F)cc1)NCC/C=C/c1ccc2c(c1)OCCO2. The smallest absolute Gasteiger partial charge is 0.224 e. The second-order valence-electron chi connectivity index (χ2n) is 5.75. The maximum Gasteiger partial charge on any atom is 0.224 e. The fourth-order valence-electron chi connectivity index (χ4n) is 2.53. The first-order valence-corrected chi connectivity index (χ1v) is 8.28. The lowest BCUT2D eigenvalue weighted by Crippen LogP contribution is -2.25. The van der Waals surface area contributed by atoms with Gasteiger partial charge in [0.1, 0.15) is 19.0 Å². The van der Waals surface area contributed by atoms with Gasteiger partial charge in [-0.2, -0.15) is 0 Å². The molecule has 1 heterocycles. The fraction of sp³-hybridized carbons (Fsp3) is 0.250. The molecular weight excluding hydrogens is 321 g/mol. The summed E-state index contributed by atoms with van der Waals surface area (Å²) in [5, 5.41) is 2.85. The van der Waals surface area contributed by atoms with Crippen molar-refractivity contribution < 1.29 is 18.7 Å². The van der Waals surface area contributed by atoms with E-state index in [1.54, 1.807) is 12.1 Å². The number of hydrogen-bond acceptors (Lipinski definition) is 3. The van der Waals surface area contributed by atoms with Crippen molar-refractivity contribution in [3.8, 4) is 11.5 Å². The molecule has 1 aliphatic heterocycles. The summed E-state index contributed by atoms with van der Waals surface area (Å²) >= 11 is 0. The fourth-order valence-corrected chi connectivity index (χ4v) is 2.53. The van der Waals surface area contributed by atoms with Crippen molar-refractivity contribution in [1.82, 2.24) is 5.32 Å². The molecule has 2 aromatic rings. The van der Waals surface area contributed by atoms with Crippen LogP contribution in [-0.2, 0) is 11.2 Å². The van der Waals surface area contributed by atoms with Crippen LogP contribution in [0.15, 0.2) is 48.5 Å². The molecule has 5 heteroatoms. The van der Waals surface area contributed by atoms with Crippen LogP contribution in [0, 0.1) is 5.82 Å². The van der Waals surface area contributed by atoms with Crippen LogP contribution < -0.4 is 14.8 Å². The summed E-state index contributed by atoms with van der Waals surface area (Å²) in [6.07, 6.45) is 4.98. The van der Waals surface area contributed by atoms with Crippen LogP contribution in [0.1, 0.15) is 17.5 Å². The highest BCUT2D eigenvalue weighted by Crippen LogP contribution is 2.31. The molecule has 0 radical (unpaired) electrons. The van der Waals surface area contributed by atoms with Crippen molar-refractivity contribution in [2.24, 2.45) is 0 Å². The van der Waals surface area contributed by atoms with E-state index in [1.807, 2.05) is 30.4 Å². The highest BCUT2D eigenvalue weighted by molar-refractivity contribution is 5.78. The predicted octanol–water partition coefficient (Wildman–Crippen LogP) is 3.36. The monoisotopic (exact) mass is 341 g/mol. The van der Waals surface area contributed by atoms with E-state index < -0.39 is 0 Å². The molecule has 3 rings (SSSR count). The zero-order valence-electron chi connectivity index (χ0n) is 13.8. The zero-order valence-corrected chi connectivity index (χ0v) is 13.8. The average Bonchev–Trinajstić information content (AvgIpc) is 2.63. The minimum Gasteiger partial charge on any atom is -0.486 e. The highest BCUT2D eigenvalue weighted by atomic mass is 19.1. The van der Waals surface area contributed by atoms with Gasteiger partial charge in [-0.25, -0.2) is 4.39 Å². The highest BCUT2D eigenvalue weighted by Gasteiger charge is 2.10. The number of amides is 1. The normalized spacial score (nSPS) is 13.0. The largest absolute Gasteiger partial charge is 0.486 e. The molecular formula is C20H20FNO3. The summed E-state index contributed by atoms with van der Waals surface area (Å²) in [5.41, 5.74) is 1.83. The maximum absolute atomic E-state index is 12.8. The molecule has 0 fully saturated rings. The lowest BCUT2D eigenvalue weighted by Gasteiger charge is -2.18. The van der Waals surface area contributed by atoms with E-state index in [9.17, 15) is 9.18 Å². The Labute approximate surface area is 146 Å². The molecule has 1 N–H and O–H groups in total. The van der Waals surface area contributed by atoms with E-state index in [-0.39, 0.29) is 18.1 Å². The van der Waals surface area contributed by atoms with Gasteiger partial charge in [0.05, 0.1) is 6.42 Å². The summed E-state index contributed by atoms with van der Waals surface area (Å²) in [4.78, 5) is 11.8. The van der Waals surface area contributed by atoms with E-state index in [4.69, 9.17) is 9.47 Å². The van der Waals surface area contributed by atoms with Gasteiger partial charge in [0.2, 0.25) is 5.91 Å². The Kier molecular flexibility index (Phi) is 5.67. The van der Waals surface area contributed by atoms with E-state index in [0.717, 1.165) is 29.0 Å². The summed E-state index contributed by atoms with van der Waals surface area (Å²) in [5.74, 6) is 1.17. The van der Waals surface area contributed by atoms with Crippen LogP contribution in [-0.4, -0.2) is 25.7 Å². The zero-order chi connectivity index (χ0) is 17.5. The van der Waals surface area contributed by atoms with Gasteiger partial charge in [0.15, 0.2) is 11.5 Å². The van der Waals surface area contributed by atoms with E-state index >= 15 is 0 Å². The van der Waals surface area contributed by atoms with Crippen molar-refractivity contribution in [3.05, 3.63) is 65.5 Å². The minimum absolute atomic E-state index is 0.0701. The molecule has 0 saturated carbocycles. The topological polar surface area (TPSA) is 47.6 Å². The van der Waals surface area contributed by atoms with E-state index in [0.29, 0.717) is 19.8 Å². The molecule has 130 valence electrons. The first-order chi connectivity index (χ1) is 12.2. The Bertz CT molecular complexity index is 756. The van der Waals surface area contributed by atoms with Crippen LogP contribution in [0.2, 0.25) is 0 Å². The number of carbonyl (C=O) groups excluding carboxylic acids is 1. The number of halogens is 1. The number of carbonyl (C=O) groups is 1. The molecule has 0 aromatic heterocycles. The quantitative estimate of drug-likeness (QED) is 0.820. The Hall–Kier alpha value is -2.82. The number of nitrogens with one attached hydrogen (secondary N) is 1. The number of ether oxygens (including phenoxy) is 2. The second-order valence-corrected chi connectivity index (χ2v) is 5.75. The predicted molar refractivity (Wildman–Crippen MR) is 94.2 cm³/mol. The minimum atomic E-state index is -0.298. The van der Waals surface area contributed by atoms with Crippen LogP contribution in [0.4, 0.5) is 4.39 Å². The summed E-state index contributed by atoms with van der Waals surface area (Å²) in [6, 6.07) is 11.8. The summed E-state index contributed by atoms with van der Waals surface area (Å²) in [6.45, 7) is 1.71. The first-order valence-electron chi connectivity index (χ1n) is 8.28.